The number of carbonyl (C=O) groups is 1. The van der Waals surface area contributed by atoms with Gasteiger partial charge < -0.3 is 4.57 Å². The Hall–Kier alpha value is -0.650. The Morgan fingerprint density at radius 3 is 2.65 bits per heavy atom. The molecular formula is C15H16BrNOS2. The van der Waals surface area contributed by atoms with E-state index >= 15 is 0 Å². The molecule has 0 atom stereocenters. The quantitative estimate of drug-likeness (QED) is 0.381. The summed E-state index contributed by atoms with van der Waals surface area (Å²) in [7, 11) is 0. The molecule has 3 rings (SSSR count). The monoisotopic (exact) mass is 369 g/mol. The number of rotatable bonds is 6. The lowest BCUT2D eigenvalue weighted by Gasteiger charge is -2.05. The summed E-state index contributed by atoms with van der Waals surface area (Å²) in [5.74, 6) is 0. The number of carbonyl (C=O) groups excluding carboxylic acids is 1. The van der Waals surface area contributed by atoms with Crippen LogP contribution >= 0.6 is 38.6 Å². The molecule has 0 bridgehead atoms. The maximum Gasteiger partial charge on any atom is 0.160 e. The maximum atomic E-state index is 11.0. The molecule has 106 valence electrons. The van der Waals surface area contributed by atoms with E-state index in [0.29, 0.717) is 0 Å². The Morgan fingerprint density at radius 1 is 1.15 bits per heavy atom. The molecule has 0 radical (unpaired) electrons. The van der Waals surface area contributed by atoms with Gasteiger partial charge in [0.2, 0.25) is 0 Å². The van der Waals surface area contributed by atoms with Gasteiger partial charge in [0, 0.05) is 6.54 Å². The van der Waals surface area contributed by atoms with Crippen molar-refractivity contribution < 1.29 is 4.79 Å². The summed E-state index contributed by atoms with van der Waals surface area (Å²) < 4.78 is 6.10. The van der Waals surface area contributed by atoms with Crippen LogP contribution in [0.3, 0.4) is 0 Å². The number of thiophene rings is 2. The van der Waals surface area contributed by atoms with Crippen molar-refractivity contribution >= 4 is 65.3 Å². The minimum atomic E-state index is 0.823. The van der Waals surface area contributed by atoms with Crippen molar-refractivity contribution in [2.24, 2.45) is 0 Å². The molecule has 0 aromatic carbocycles. The second kappa shape index (κ2) is 6.00. The standard InChI is InChI=1S/C15H16BrNOS2/c1-2-3-4-5-6-17-11-7-10(9-18)19-14(11)15-12(17)8-13(16)20-15/h7-9H,2-6H2,1H3. The van der Waals surface area contributed by atoms with Crippen molar-refractivity contribution in [2.45, 2.75) is 39.2 Å². The zero-order valence-corrected chi connectivity index (χ0v) is 14.5. The molecule has 0 fully saturated rings. The van der Waals surface area contributed by atoms with Gasteiger partial charge >= 0.3 is 0 Å². The second-order valence-corrected chi connectivity index (χ2v) is 8.47. The number of hydrogen-bond donors (Lipinski definition) is 0. The first-order chi connectivity index (χ1) is 9.74. The first-order valence-electron chi connectivity index (χ1n) is 6.91. The largest absolute Gasteiger partial charge is 0.339 e. The molecule has 3 aromatic rings. The summed E-state index contributed by atoms with van der Waals surface area (Å²) in [6, 6.07) is 4.24. The second-order valence-electron chi connectivity index (χ2n) is 4.96. The van der Waals surface area contributed by atoms with Gasteiger partial charge in [-0.05, 0) is 34.5 Å². The number of nitrogens with zero attached hydrogens (tertiary/aromatic N) is 1. The third kappa shape index (κ3) is 2.47. The SMILES string of the molecule is CCCCCCn1c2cc(Br)sc2c2sc(C=O)cc21. The minimum absolute atomic E-state index is 0.823. The highest BCUT2D eigenvalue weighted by Gasteiger charge is 2.16. The maximum absolute atomic E-state index is 11.0. The van der Waals surface area contributed by atoms with Crippen molar-refractivity contribution in [1.29, 1.82) is 0 Å². The molecule has 0 spiro atoms. The van der Waals surface area contributed by atoms with Gasteiger partial charge in [0.05, 0.1) is 29.1 Å². The minimum Gasteiger partial charge on any atom is -0.339 e. The third-order valence-corrected chi connectivity index (χ3v) is 6.39. The summed E-state index contributed by atoms with van der Waals surface area (Å²) in [4.78, 5) is 11.8. The van der Waals surface area contributed by atoms with Gasteiger partial charge in [0.15, 0.2) is 6.29 Å². The van der Waals surface area contributed by atoms with E-state index in [1.807, 2.05) is 6.07 Å². The highest BCUT2D eigenvalue weighted by Crippen LogP contribution is 2.41. The normalized spacial score (nSPS) is 11.7. The van der Waals surface area contributed by atoms with Gasteiger partial charge in [-0.3, -0.25) is 4.79 Å². The molecule has 0 aliphatic heterocycles. The Kier molecular flexibility index (Phi) is 4.29. The number of fused-ring (bicyclic) bond motifs is 3. The van der Waals surface area contributed by atoms with E-state index in [9.17, 15) is 4.79 Å². The van der Waals surface area contributed by atoms with Crippen LogP contribution in [0, 0.1) is 0 Å². The van der Waals surface area contributed by atoms with Crippen LogP contribution in [-0.2, 0) is 6.54 Å². The topological polar surface area (TPSA) is 22.0 Å². The predicted octanol–water partition coefficient (Wildman–Crippen LogP) is 6.07. The van der Waals surface area contributed by atoms with E-state index in [-0.39, 0.29) is 0 Å². The van der Waals surface area contributed by atoms with Gasteiger partial charge in [-0.15, -0.1) is 22.7 Å². The molecule has 20 heavy (non-hydrogen) atoms. The first-order valence-corrected chi connectivity index (χ1v) is 9.33. The predicted molar refractivity (Wildman–Crippen MR) is 92.4 cm³/mol. The summed E-state index contributed by atoms with van der Waals surface area (Å²) in [5, 5.41) is 0. The number of hydrogen-bond acceptors (Lipinski definition) is 3. The summed E-state index contributed by atoms with van der Waals surface area (Å²) in [5.41, 5.74) is 2.53. The fourth-order valence-corrected chi connectivity index (χ4v) is 5.32. The smallest absolute Gasteiger partial charge is 0.160 e. The lowest BCUT2D eigenvalue weighted by atomic mass is 10.2. The molecule has 0 N–H and O–H groups in total. The highest BCUT2D eigenvalue weighted by atomic mass is 79.9. The number of aryl methyl sites for hydroxylation is 1. The van der Waals surface area contributed by atoms with Gasteiger partial charge in [-0.2, -0.15) is 0 Å². The van der Waals surface area contributed by atoms with Gasteiger partial charge in [-0.1, -0.05) is 26.2 Å². The van der Waals surface area contributed by atoms with E-state index in [4.69, 9.17) is 0 Å². The zero-order chi connectivity index (χ0) is 14.1. The van der Waals surface area contributed by atoms with Crippen molar-refractivity contribution in [3.05, 3.63) is 20.8 Å². The van der Waals surface area contributed by atoms with Crippen LogP contribution in [0.15, 0.2) is 15.9 Å². The molecule has 0 amide bonds. The van der Waals surface area contributed by atoms with Crippen LogP contribution in [0.2, 0.25) is 0 Å². The summed E-state index contributed by atoms with van der Waals surface area (Å²) in [6.45, 7) is 3.27. The highest BCUT2D eigenvalue weighted by molar-refractivity contribution is 9.11. The molecule has 3 heterocycles. The fraction of sp³-hybridized carbons (Fsp3) is 0.400. The van der Waals surface area contributed by atoms with E-state index in [2.05, 4.69) is 33.5 Å². The van der Waals surface area contributed by atoms with Crippen molar-refractivity contribution in [3.8, 4) is 0 Å². The van der Waals surface area contributed by atoms with E-state index in [1.54, 1.807) is 22.7 Å². The number of aromatic nitrogens is 1. The molecule has 2 nitrogen and oxygen atoms in total. The van der Waals surface area contributed by atoms with Crippen molar-refractivity contribution in [1.82, 2.24) is 4.57 Å². The van der Waals surface area contributed by atoms with Crippen LogP contribution in [-0.4, -0.2) is 10.9 Å². The lowest BCUT2D eigenvalue weighted by molar-refractivity contribution is 0.112. The van der Waals surface area contributed by atoms with Gasteiger partial charge in [0.1, 0.15) is 0 Å². The molecule has 0 saturated carbocycles. The van der Waals surface area contributed by atoms with Crippen molar-refractivity contribution in [2.75, 3.05) is 0 Å². The summed E-state index contributed by atoms with van der Waals surface area (Å²) in [6.07, 6.45) is 5.99. The fourth-order valence-electron chi connectivity index (χ4n) is 2.60. The number of aldehydes is 1. The van der Waals surface area contributed by atoms with Crippen LogP contribution in [0.1, 0.15) is 42.3 Å². The van der Waals surface area contributed by atoms with Crippen LogP contribution in [0.4, 0.5) is 0 Å². The van der Waals surface area contributed by atoms with Crippen LogP contribution < -0.4 is 0 Å². The van der Waals surface area contributed by atoms with Gasteiger partial charge in [0.25, 0.3) is 0 Å². The van der Waals surface area contributed by atoms with Crippen LogP contribution in [0.25, 0.3) is 20.4 Å². The Morgan fingerprint density at radius 2 is 1.90 bits per heavy atom. The molecule has 0 unspecified atom stereocenters. The number of halogens is 1. The molecule has 0 saturated heterocycles. The molecule has 3 aromatic heterocycles. The lowest BCUT2D eigenvalue weighted by Crippen LogP contribution is -1.96. The van der Waals surface area contributed by atoms with Crippen molar-refractivity contribution in [3.63, 3.8) is 0 Å². The number of unbranched alkanes of at least 4 members (excludes halogenated alkanes) is 3. The van der Waals surface area contributed by atoms with E-state index < -0.39 is 0 Å². The average Bonchev–Trinajstić information content (AvgIpc) is 3.07. The van der Waals surface area contributed by atoms with E-state index in [1.165, 1.54) is 46.1 Å². The van der Waals surface area contributed by atoms with E-state index in [0.717, 1.165) is 21.5 Å². The Bertz CT molecular complexity index is 753. The summed E-state index contributed by atoms with van der Waals surface area (Å²) >= 11 is 6.95. The third-order valence-electron chi connectivity index (χ3n) is 3.55. The van der Waals surface area contributed by atoms with Crippen LogP contribution in [0.5, 0.6) is 0 Å². The molecular weight excluding hydrogens is 354 g/mol. The average molecular weight is 370 g/mol. The molecule has 0 aliphatic carbocycles. The van der Waals surface area contributed by atoms with Gasteiger partial charge in [-0.25, -0.2) is 0 Å². The Labute approximate surface area is 134 Å². The molecule has 0 aliphatic rings. The molecule has 5 heteroatoms. The zero-order valence-electron chi connectivity index (χ0n) is 11.3. The Balaban J connectivity index is 2.04. The first kappa shape index (κ1) is 14.3.